The molecule has 0 heterocycles. The summed E-state index contributed by atoms with van der Waals surface area (Å²) in [5, 5.41) is 0. The number of hydrogen-bond donors (Lipinski definition) is 0. The molecule has 0 saturated heterocycles. The van der Waals surface area contributed by atoms with Crippen LogP contribution in [0.15, 0.2) is 0 Å². The van der Waals surface area contributed by atoms with E-state index in [1.54, 1.807) is 6.92 Å². The Morgan fingerprint density at radius 2 is 1.68 bits per heavy atom. The Bertz CT molecular complexity index is 585. The van der Waals surface area contributed by atoms with E-state index in [1.165, 1.54) is 32.1 Å². The zero-order chi connectivity index (χ0) is 21.4. The normalized spacial score (nSPS) is 35.1. The van der Waals surface area contributed by atoms with Gasteiger partial charge < -0.3 is 9.53 Å². The molecule has 4 atom stereocenters. The summed E-state index contributed by atoms with van der Waals surface area (Å²) in [5.41, 5.74) is 0.331. The molecule has 0 aliphatic heterocycles. The zero-order valence-corrected chi connectivity index (χ0v) is 19.7. The number of carbonyl (C=O) groups is 2. The van der Waals surface area contributed by atoms with Crippen LogP contribution in [-0.2, 0) is 14.3 Å². The number of carbonyl (C=O) groups excluding carboxylic acids is 2. The maximum atomic E-state index is 12.3. The van der Waals surface area contributed by atoms with Crippen molar-refractivity contribution in [2.75, 3.05) is 6.61 Å². The van der Waals surface area contributed by atoms with Gasteiger partial charge in [0.1, 0.15) is 5.78 Å². The van der Waals surface area contributed by atoms with Gasteiger partial charge in [-0.25, -0.2) is 0 Å². The van der Waals surface area contributed by atoms with Crippen LogP contribution in [0.4, 0.5) is 0 Å². The number of ketones is 1. The van der Waals surface area contributed by atoms with Crippen molar-refractivity contribution in [3.63, 3.8) is 0 Å². The van der Waals surface area contributed by atoms with Gasteiger partial charge in [0.2, 0.25) is 0 Å². The first kappa shape index (κ1) is 23.4. The summed E-state index contributed by atoms with van der Waals surface area (Å²) in [6.07, 6.45) is 8.83. The molecule has 0 aromatic rings. The summed E-state index contributed by atoms with van der Waals surface area (Å²) < 4.78 is 5.70. The summed E-state index contributed by atoms with van der Waals surface area (Å²) in [7, 11) is 0. The molecule has 2 fully saturated rings. The molecule has 2 aliphatic rings. The first-order chi connectivity index (χ1) is 12.7. The smallest absolute Gasteiger partial charge is 0.311 e. The lowest BCUT2D eigenvalue weighted by atomic mass is 9.42. The predicted octanol–water partition coefficient (Wildman–Crippen LogP) is 6.58. The van der Waals surface area contributed by atoms with Gasteiger partial charge in [0.15, 0.2) is 0 Å². The number of ether oxygens (including phenoxy) is 1. The number of Topliss-reactive ketones (excluding diaryl/α,β-unsaturated/α-hetero) is 1. The third kappa shape index (κ3) is 4.82. The Labute approximate surface area is 173 Å². The zero-order valence-electron chi connectivity index (χ0n) is 19.7. The minimum Gasteiger partial charge on any atom is -0.465 e. The lowest BCUT2D eigenvalue weighted by molar-refractivity contribution is -0.160. The van der Waals surface area contributed by atoms with Gasteiger partial charge in [0.05, 0.1) is 12.0 Å². The monoisotopic (exact) mass is 392 g/mol. The molecule has 0 bridgehead atoms. The summed E-state index contributed by atoms with van der Waals surface area (Å²) in [4.78, 5) is 24.0. The largest absolute Gasteiger partial charge is 0.465 e. The average molecular weight is 393 g/mol. The molecular weight excluding hydrogens is 348 g/mol. The molecular formula is C25H44O3. The minimum absolute atomic E-state index is 0.112. The van der Waals surface area contributed by atoms with Crippen LogP contribution in [0.3, 0.4) is 0 Å². The molecule has 0 radical (unpaired) electrons. The Kier molecular flexibility index (Phi) is 6.78. The highest BCUT2D eigenvalue weighted by Crippen LogP contribution is 2.65. The Balaban J connectivity index is 2.25. The van der Waals surface area contributed by atoms with Crippen molar-refractivity contribution in [1.82, 2.24) is 0 Å². The molecule has 2 saturated carbocycles. The molecule has 0 aromatic heterocycles. The molecule has 0 spiro atoms. The van der Waals surface area contributed by atoms with Gasteiger partial charge in [-0.1, -0.05) is 34.1 Å². The second kappa shape index (κ2) is 8.11. The second-order valence-corrected chi connectivity index (χ2v) is 12.0. The lowest BCUT2D eigenvalue weighted by Gasteiger charge is -2.63. The van der Waals surface area contributed by atoms with Crippen molar-refractivity contribution in [1.29, 1.82) is 0 Å². The van der Waals surface area contributed by atoms with Crippen LogP contribution in [0.2, 0.25) is 0 Å². The number of esters is 1. The van der Waals surface area contributed by atoms with E-state index in [-0.39, 0.29) is 22.6 Å². The summed E-state index contributed by atoms with van der Waals surface area (Å²) >= 11 is 0. The lowest BCUT2D eigenvalue weighted by Crippen LogP contribution is -2.55. The molecule has 3 nitrogen and oxygen atoms in total. The first-order valence-corrected chi connectivity index (χ1v) is 11.4. The van der Waals surface area contributed by atoms with Crippen LogP contribution in [0, 0.1) is 33.5 Å². The van der Waals surface area contributed by atoms with E-state index in [0.717, 1.165) is 12.8 Å². The molecule has 162 valence electrons. The van der Waals surface area contributed by atoms with Gasteiger partial charge in [0, 0.05) is 6.42 Å². The highest BCUT2D eigenvalue weighted by molar-refractivity contribution is 5.75. The highest BCUT2D eigenvalue weighted by Gasteiger charge is 2.57. The highest BCUT2D eigenvalue weighted by atomic mass is 16.5. The van der Waals surface area contributed by atoms with E-state index in [4.69, 9.17) is 4.74 Å². The standard InChI is InChI=1S/C25H44O3/c1-18(26)10-15-24(7)16-11-19-23(5,6)13-9-14-25(19,8)20(24)12-17-28-21(27)22(2,3)4/h19-20H,9-17H2,1-8H3/t19?,20-,24+,25-/m0/s1. The van der Waals surface area contributed by atoms with E-state index in [9.17, 15) is 9.59 Å². The topological polar surface area (TPSA) is 43.4 Å². The van der Waals surface area contributed by atoms with Crippen molar-refractivity contribution < 1.29 is 14.3 Å². The minimum atomic E-state index is -0.455. The number of rotatable bonds is 6. The van der Waals surface area contributed by atoms with Gasteiger partial charge in [-0.05, 0) is 94.3 Å². The van der Waals surface area contributed by atoms with E-state index in [2.05, 4.69) is 27.7 Å². The quantitative estimate of drug-likeness (QED) is 0.479. The van der Waals surface area contributed by atoms with Crippen molar-refractivity contribution in [2.24, 2.45) is 33.5 Å². The first-order valence-electron chi connectivity index (χ1n) is 11.4. The van der Waals surface area contributed by atoms with Crippen molar-refractivity contribution in [3.8, 4) is 0 Å². The van der Waals surface area contributed by atoms with Crippen LogP contribution in [0.1, 0.15) is 107 Å². The molecule has 2 rings (SSSR count). The summed E-state index contributed by atoms with van der Waals surface area (Å²) in [5.74, 6) is 1.38. The Hall–Kier alpha value is -0.860. The average Bonchev–Trinajstić information content (AvgIpc) is 2.54. The summed E-state index contributed by atoms with van der Waals surface area (Å²) in [6.45, 7) is 17.7. The maximum absolute atomic E-state index is 12.3. The fraction of sp³-hybridized carbons (Fsp3) is 0.920. The van der Waals surface area contributed by atoms with E-state index in [1.807, 2.05) is 20.8 Å². The van der Waals surface area contributed by atoms with E-state index in [0.29, 0.717) is 30.3 Å². The van der Waals surface area contributed by atoms with Crippen LogP contribution in [0.25, 0.3) is 0 Å². The Morgan fingerprint density at radius 1 is 1.04 bits per heavy atom. The molecule has 3 heteroatoms. The molecule has 0 amide bonds. The van der Waals surface area contributed by atoms with Gasteiger partial charge in [-0.15, -0.1) is 0 Å². The number of hydrogen-bond acceptors (Lipinski definition) is 3. The molecule has 0 N–H and O–H groups in total. The van der Waals surface area contributed by atoms with E-state index < -0.39 is 5.41 Å². The SMILES string of the molecule is CC(=O)CC[C@]1(C)CCC2C(C)(C)CCC[C@]2(C)[C@H]1CCOC(=O)C(C)(C)C. The van der Waals surface area contributed by atoms with Gasteiger partial charge in [-0.2, -0.15) is 0 Å². The van der Waals surface area contributed by atoms with Crippen LogP contribution in [-0.4, -0.2) is 18.4 Å². The van der Waals surface area contributed by atoms with Crippen LogP contribution >= 0.6 is 0 Å². The van der Waals surface area contributed by atoms with Crippen LogP contribution in [0.5, 0.6) is 0 Å². The molecule has 0 aromatic carbocycles. The predicted molar refractivity (Wildman–Crippen MR) is 115 cm³/mol. The van der Waals surface area contributed by atoms with E-state index >= 15 is 0 Å². The molecule has 1 unspecified atom stereocenters. The fourth-order valence-electron chi connectivity index (χ4n) is 6.67. The summed E-state index contributed by atoms with van der Waals surface area (Å²) in [6, 6.07) is 0. The van der Waals surface area contributed by atoms with Crippen molar-refractivity contribution in [2.45, 2.75) is 107 Å². The molecule has 2 aliphatic carbocycles. The fourth-order valence-corrected chi connectivity index (χ4v) is 6.67. The maximum Gasteiger partial charge on any atom is 0.311 e. The van der Waals surface area contributed by atoms with Gasteiger partial charge in [0.25, 0.3) is 0 Å². The number of fused-ring (bicyclic) bond motifs is 1. The second-order valence-electron chi connectivity index (χ2n) is 12.0. The van der Waals surface area contributed by atoms with Crippen molar-refractivity contribution in [3.05, 3.63) is 0 Å². The Morgan fingerprint density at radius 3 is 2.25 bits per heavy atom. The van der Waals surface area contributed by atoms with Crippen LogP contribution < -0.4 is 0 Å². The van der Waals surface area contributed by atoms with Gasteiger partial charge >= 0.3 is 5.97 Å². The van der Waals surface area contributed by atoms with Gasteiger partial charge in [-0.3, -0.25) is 4.79 Å². The third-order valence-electron chi connectivity index (χ3n) is 8.22. The molecule has 28 heavy (non-hydrogen) atoms. The third-order valence-corrected chi connectivity index (χ3v) is 8.22. The van der Waals surface area contributed by atoms with Crippen molar-refractivity contribution >= 4 is 11.8 Å².